The van der Waals surface area contributed by atoms with Gasteiger partial charge in [-0.3, -0.25) is 0 Å². The predicted octanol–water partition coefficient (Wildman–Crippen LogP) is 1.38. The lowest BCUT2D eigenvalue weighted by Gasteiger charge is -2.29. The van der Waals surface area contributed by atoms with Crippen LogP contribution in [-0.4, -0.2) is 21.7 Å². The van der Waals surface area contributed by atoms with Crippen LogP contribution in [0.15, 0.2) is 42.6 Å². The fourth-order valence-electron chi connectivity index (χ4n) is 1.74. The van der Waals surface area contributed by atoms with Crippen LogP contribution in [0, 0.1) is 0 Å². The summed E-state index contributed by atoms with van der Waals surface area (Å²) in [5, 5.41) is 12.8. The first-order chi connectivity index (χ1) is 8.64. The molecule has 4 N–H and O–H groups in total. The van der Waals surface area contributed by atoms with Gasteiger partial charge in [-0.25, -0.2) is 4.98 Å². The Hall–Kier alpha value is -2.14. The van der Waals surface area contributed by atoms with E-state index in [2.05, 4.69) is 15.3 Å². The summed E-state index contributed by atoms with van der Waals surface area (Å²) >= 11 is 0. The van der Waals surface area contributed by atoms with Gasteiger partial charge in [-0.05, 0) is 18.6 Å². The average molecular weight is 244 g/mol. The van der Waals surface area contributed by atoms with Crippen molar-refractivity contribution >= 4 is 11.8 Å². The van der Waals surface area contributed by atoms with E-state index in [9.17, 15) is 5.11 Å². The number of nitrogens with two attached hydrogens (primary N) is 1. The van der Waals surface area contributed by atoms with Crippen molar-refractivity contribution in [3.8, 4) is 0 Å². The molecule has 1 heterocycles. The molecule has 0 fully saturated rings. The molecular formula is C13H16N4O. The van der Waals surface area contributed by atoms with Crippen LogP contribution >= 0.6 is 0 Å². The number of nitrogens with one attached hydrogen (secondary N) is 1. The van der Waals surface area contributed by atoms with E-state index in [4.69, 9.17) is 5.73 Å². The van der Waals surface area contributed by atoms with E-state index in [1.54, 1.807) is 12.3 Å². The lowest BCUT2D eigenvalue weighted by atomic mass is 9.93. The van der Waals surface area contributed by atoms with Crippen LogP contribution in [0.3, 0.4) is 0 Å². The van der Waals surface area contributed by atoms with Gasteiger partial charge in [0.1, 0.15) is 5.82 Å². The Balaban J connectivity index is 2.29. The monoisotopic (exact) mass is 244 g/mol. The van der Waals surface area contributed by atoms with Crippen molar-refractivity contribution < 1.29 is 5.11 Å². The van der Waals surface area contributed by atoms with Crippen molar-refractivity contribution in [2.24, 2.45) is 0 Å². The summed E-state index contributed by atoms with van der Waals surface area (Å²) in [7, 11) is 0. The SMILES string of the molecule is CC(CO)(Nc1ccnc(N)n1)c1ccccc1. The number of aliphatic hydroxyl groups excluding tert-OH is 1. The summed E-state index contributed by atoms with van der Waals surface area (Å²) in [6, 6.07) is 11.4. The average Bonchev–Trinajstić information content (AvgIpc) is 2.39. The third-order valence-corrected chi connectivity index (χ3v) is 2.81. The molecule has 0 aliphatic heterocycles. The summed E-state index contributed by atoms with van der Waals surface area (Å²) in [4.78, 5) is 7.91. The van der Waals surface area contributed by atoms with Gasteiger partial charge in [0.05, 0.1) is 12.1 Å². The molecular weight excluding hydrogens is 228 g/mol. The smallest absolute Gasteiger partial charge is 0.221 e. The molecule has 0 aliphatic rings. The lowest BCUT2D eigenvalue weighted by Crippen LogP contribution is -2.36. The highest BCUT2D eigenvalue weighted by Crippen LogP contribution is 2.24. The Morgan fingerprint density at radius 2 is 2.00 bits per heavy atom. The van der Waals surface area contributed by atoms with Gasteiger partial charge in [0.25, 0.3) is 0 Å². The van der Waals surface area contributed by atoms with Crippen LogP contribution in [0.1, 0.15) is 12.5 Å². The molecule has 1 aromatic carbocycles. The minimum absolute atomic E-state index is 0.0546. The molecule has 2 rings (SSSR count). The molecule has 5 heteroatoms. The third-order valence-electron chi connectivity index (χ3n) is 2.81. The molecule has 1 aromatic heterocycles. The lowest BCUT2D eigenvalue weighted by molar-refractivity contribution is 0.223. The Bertz CT molecular complexity index is 517. The fourth-order valence-corrected chi connectivity index (χ4v) is 1.74. The van der Waals surface area contributed by atoms with E-state index >= 15 is 0 Å². The highest BCUT2D eigenvalue weighted by molar-refractivity contribution is 5.43. The quantitative estimate of drug-likeness (QED) is 0.756. The normalized spacial score (nSPS) is 13.9. The first-order valence-corrected chi connectivity index (χ1v) is 5.67. The molecule has 94 valence electrons. The first-order valence-electron chi connectivity index (χ1n) is 5.67. The van der Waals surface area contributed by atoms with Crippen LogP contribution in [-0.2, 0) is 5.54 Å². The van der Waals surface area contributed by atoms with E-state index in [-0.39, 0.29) is 12.6 Å². The van der Waals surface area contributed by atoms with E-state index < -0.39 is 5.54 Å². The number of anilines is 2. The van der Waals surface area contributed by atoms with E-state index in [1.807, 2.05) is 37.3 Å². The molecule has 1 unspecified atom stereocenters. The van der Waals surface area contributed by atoms with Crippen molar-refractivity contribution in [3.05, 3.63) is 48.2 Å². The fraction of sp³-hybridized carbons (Fsp3) is 0.231. The maximum absolute atomic E-state index is 9.63. The van der Waals surface area contributed by atoms with E-state index in [0.29, 0.717) is 5.82 Å². The topological polar surface area (TPSA) is 84.1 Å². The van der Waals surface area contributed by atoms with Gasteiger partial charge in [0.15, 0.2) is 0 Å². The number of benzene rings is 1. The number of nitrogen functional groups attached to an aromatic ring is 1. The van der Waals surface area contributed by atoms with E-state index in [1.165, 1.54) is 0 Å². The second-order valence-corrected chi connectivity index (χ2v) is 4.28. The van der Waals surface area contributed by atoms with Crippen molar-refractivity contribution in [2.45, 2.75) is 12.5 Å². The molecule has 2 aromatic rings. The zero-order valence-corrected chi connectivity index (χ0v) is 10.2. The van der Waals surface area contributed by atoms with Crippen molar-refractivity contribution in [3.63, 3.8) is 0 Å². The minimum Gasteiger partial charge on any atom is -0.394 e. The standard InChI is InChI=1S/C13H16N4O/c1-13(9-18,10-5-3-2-4-6-10)17-11-7-8-15-12(14)16-11/h2-8,18H,9H2,1H3,(H3,14,15,16,17). The minimum atomic E-state index is -0.609. The summed E-state index contributed by atoms with van der Waals surface area (Å²) in [6.07, 6.45) is 1.58. The Kier molecular flexibility index (Phi) is 3.43. The number of nitrogens with zero attached hydrogens (tertiary/aromatic N) is 2. The summed E-state index contributed by atoms with van der Waals surface area (Å²) in [6.45, 7) is 1.85. The molecule has 18 heavy (non-hydrogen) atoms. The zero-order chi connectivity index (χ0) is 13.0. The van der Waals surface area contributed by atoms with Crippen LogP contribution < -0.4 is 11.1 Å². The number of aromatic nitrogens is 2. The van der Waals surface area contributed by atoms with Crippen LogP contribution in [0.4, 0.5) is 11.8 Å². The third kappa shape index (κ3) is 2.57. The Labute approximate surface area is 106 Å². The molecule has 0 saturated heterocycles. The Morgan fingerprint density at radius 1 is 1.28 bits per heavy atom. The maximum Gasteiger partial charge on any atom is 0.221 e. The van der Waals surface area contributed by atoms with Gasteiger partial charge < -0.3 is 16.2 Å². The molecule has 0 radical (unpaired) electrons. The molecule has 1 atom stereocenters. The second kappa shape index (κ2) is 5.01. The van der Waals surface area contributed by atoms with Crippen molar-refractivity contribution in [1.82, 2.24) is 9.97 Å². The predicted molar refractivity (Wildman–Crippen MR) is 70.9 cm³/mol. The number of rotatable bonds is 4. The Morgan fingerprint density at radius 3 is 2.61 bits per heavy atom. The van der Waals surface area contributed by atoms with Crippen LogP contribution in [0.5, 0.6) is 0 Å². The second-order valence-electron chi connectivity index (χ2n) is 4.28. The largest absolute Gasteiger partial charge is 0.394 e. The first kappa shape index (κ1) is 12.3. The van der Waals surface area contributed by atoms with Gasteiger partial charge in [0, 0.05) is 6.20 Å². The molecule has 0 bridgehead atoms. The van der Waals surface area contributed by atoms with Gasteiger partial charge in [0.2, 0.25) is 5.95 Å². The summed E-state index contributed by atoms with van der Waals surface area (Å²) in [5.74, 6) is 0.788. The zero-order valence-electron chi connectivity index (χ0n) is 10.2. The van der Waals surface area contributed by atoms with Gasteiger partial charge in [-0.15, -0.1) is 0 Å². The molecule has 0 aliphatic carbocycles. The van der Waals surface area contributed by atoms with Gasteiger partial charge in [-0.2, -0.15) is 4.98 Å². The molecule has 0 amide bonds. The van der Waals surface area contributed by atoms with Crippen LogP contribution in [0.2, 0.25) is 0 Å². The van der Waals surface area contributed by atoms with Crippen LogP contribution in [0.25, 0.3) is 0 Å². The number of hydrogen-bond acceptors (Lipinski definition) is 5. The molecule has 5 nitrogen and oxygen atoms in total. The summed E-state index contributed by atoms with van der Waals surface area (Å²) < 4.78 is 0. The molecule has 0 saturated carbocycles. The maximum atomic E-state index is 9.63. The van der Waals surface area contributed by atoms with Crippen molar-refractivity contribution in [1.29, 1.82) is 0 Å². The number of hydrogen-bond donors (Lipinski definition) is 3. The van der Waals surface area contributed by atoms with E-state index in [0.717, 1.165) is 5.56 Å². The highest BCUT2D eigenvalue weighted by atomic mass is 16.3. The van der Waals surface area contributed by atoms with Gasteiger partial charge >= 0.3 is 0 Å². The molecule has 0 spiro atoms. The van der Waals surface area contributed by atoms with Gasteiger partial charge in [-0.1, -0.05) is 30.3 Å². The number of aliphatic hydroxyl groups is 1. The highest BCUT2D eigenvalue weighted by Gasteiger charge is 2.25. The van der Waals surface area contributed by atoms with Crippen molar-refractivity contribution in [2.75, 3.05) is 17.7 Å². The summed E-state index contributed by atoms with van der Waals surface area (Å²) in [5.41, 5.74) is 5.90.